The second-order valence-electron chi connectivity index (χ2n) is 4.97. The van der Waals surface area contributed by atoms with Crippen molar-refractivity contribution in [3.8, 4) is 0 Å². The molecule has 0 aliphatic heterocycles. The number of rotatable bonds is 7. The van der Waals surface area contributed by atoms with Gasteiger partial charge < -0.3 is 5.32 Å². The number of carbonyl (C=O) groups is 1. The molecule has 0 bridgehead atoms. The summed E-state index contributed by atoms with van der Waals surface area (Å²) in [5, 5.41) is 2.77. The molecule has 0 unspecified atom stereocenters. The van der Waals surface area contributed by atoms with Crippen LogP contribution in [0.1, 0.15) is 10.4 Å². The largest absolute Gasteiger partial charge is 0.322 e. The number of anilines is 1. The number of thioether (sulfide) groups is 1. The first-order valence-corrected chi connectivity index (χ1v) is 10.3. The number of carbonyl (C=O) groups excluding carboxylic acids is 1. The molecule has 0 saturated carbocycles. The second kappa shape index (κ2) is 8.53. The summed E-state index contributed by atoms with van der Waals surface area (Å²) in [5.41, 5.74) is 0.810. The fraction of sp³-hybridized carbons (Fsp3) is 0.118. The molecule has 1 amide bonds. The molecule has 0 aromatic heterocycles. The van der Waals surface area contributed by atoms with Gasteiger partial charge in [0.2, 0.25) is 10.0 Å². The maximum absolute atomic E-state index is 12.4. The lowest BCUT2D eigenvalue weighted by atomic mass is 10.2. The molecule has 0 radical (unpaired) electrons. The van der Waals surface area contributed by atoms with Gasteiger partial charge in [0.1, 0.15) is 4.90 Å². The first-order chi connectivity index (χ1) is 11.9. The molecular formula is C17H17ClN2O3S2. The van der Waals surface area contributed by atoms with Crippen LogP contribution in [0.4, 0.5) is 5.69 Å². The van der Waals surface area contributed by atoms with Gasteiger partial charge in [-0.15, -0.1) is 18.3 Å². The van der Waals surface area contributed by atoms with E-state index in [-0.39, 0.29) is 22.0 Å². The minimum Gasteiger partial charge on any atom is -0.322 e. The summed E-state index contributed by atoms with van der Waals surface area (Å²) in [5.74, 6) is -0.422. The lowest BCUT2D eigenvalue weighted by molar-refractivity contribution is 0.102. The number of hydrogen-bond donors (Lipinski definition) is 2. The van der Waals surface area contributed by atoms with E-state index in [4.69, 9.17) is 11.6 Å². The molecule has 0 atom stereocenters. The number of benzene rings is 2. The van der Waals surface area contributed by atoms with Crippen LogP contribution in [0.15, 0.2) is 64.9 Å². The highest BCUT2D eigenvalue weighted by atomic mass is 35.5. The summed E-state index contributed by atoms with van der Waals surface area (Å²) in [6, 6.07) is 11.4. The number of hydrogen-bond acceptors (Lipinski definition) is 4. The van der Waals surface area contributed by atoms with Crippen LogP contribution in [-0.2, 0) is 10.0 Å². The zero-order chi connectivity index (χ0) is 18.4. The summed E-state index contributed by atoms with van der Waals surface area (Å²) in [6.07, 6.45) is 3.38. The first-order valence-electron chi connectivity index (χ1n) is 7.23. The Morgan fingerprint density at radius 2 is 1.92 bits per heavy atom. The van der Waals surface area contributed by atoms with Gasteiger partial charge in [-0.3, -0.25) is 4.79 Å². The Morgan fingerprint density at radius 3 is 2.52 bits per heavy atom. The van der Waals surface area contributed by atoms with Crippen molar-refractivity contribution in [2.24, 2.45) is 0 Å². The smallest absolute Gasteiger partial charge is 0.255 e. The van der Waals surface area contributed by atoms with Crippen molar-refractivity contribution in [2.45, 2.75) is 9.79 Å². The molecule has 5 nitrogen and oxygen atoms in total. The number of halogens is 1. The Kier molecular flexibility index (Phi) is 6.66. The number of sulfonamides is 1. The minimum atomic E-state index is -3.83. The highest BCUT2D eigenvalue weighted by molar-refractivity contribution is 7.98. The predicted octanol–water partition coefficient (Wildman–Crippen LogP) is 3.78. The van der Waals surface area contributed by atoms with Crippen LogP contribution in [0.3, 0.4) is 0 Å². The Balaban J connectivity index is 2.25. The van der Waals surface area contributed by atoms with Crippen LogP contribution in [0, 0.1) is 0 Å². The molecule has 0 fully saturated rings. The second-order valence-corrected chi connectivity index (χ2v) is 7.99. The molecule has 0 heterocycles. The van der Waals surface area contributed by atoms with Crippen LogP contribution in [0.5, 0.6) is 0 Å². The van der Waals surface area contributed by atoms with Gasteiger partial charge in [-0.05, 0) is 48.7 Å². The molecule has 0 aliphatic carbocycles. The highest BCUT2D eigenvalue weighted by Gasteiger charge is 2.19. The van der Waals surface area contributed by atoms with E-state index in [0.29, 0.717) is 5.69 Å². The predicted molar refractivity (Wildman–Crippen MR) is 103 cm³/mol. The molecule has 0 aliphatic rings. The van der Waals surface area contributed by atoms with E-state index in [0.717, 1.165) is 4.90 Å². The monoisotopic (exact) mass is 396 g/mol. The zero-order valence-corrected chi connectivity index (χ0v) is 15.8. The third kappa shape index (κ3) is 5.09. The maximum Gasteiger partial charge on any atom is 0.255 e. The van der Waals surface area contributed by atoms with Crippen molar-refractivity contribution in [2.75, 3.05) is 18.1 Å². The van der Waals surface area contributed by atoms with Gasteiger partial charge in [0.05, 0.1) is 5.02 Å². The lowest BCUT2D eigenvalue weighted by Crippen LogP contribution is -2.24. The van der Waals surface area contributed by atoms with Gasteiger partial charge in [0.15, 0.2) is 0 Å². The molecule has 0 spiro atoms. The van der Waals surface area contributed by atoms with Gasteiger partial charge in [0, 0.05) is 22.7 Å². The molecule has 8 heteroatoms. The Labute approximate surface area is 156 Å². The topological polar surface area (TPSA) is 75.3 Å². The van der Waals surface area contributed by atoms with Crippen molar-refractivity contribution in [3.63, 3.8) is 0 Å². The van der Waals surface area contributed by atoms with E-state index in [1.807, 2.05) is 18.4 Å². The summed E-state index contributed by atoms with van der Waals surface area (Å²) < 4.78 is 26.8. The Morgan fingerprint density at radius 1 is 1.24 bits per heavy atom. The van der Waals surface area contributed by atoms with Crippen molar-refractivity contribution in [1.29, 1.82) is 0 Å². The van der Waals surface area contributed by atoms with Crippen molar-refractivity contribution < 1.29 is 13.2 Å². The highest BCUT2D eigenvalue weighted by Crippen LogP contribution is 2.23. The van der Waals surface area contributed by atoms with E-state index in [2.05, 4.69) is 16.6 Å². The van der Waals surface area contributed by atoms with Crippen LogP contribution in [0.25, 0.3) is 0 Å². The normalized spacial score (nSPS) is 11.1. The zero-order valence-electron chi connectivity index (χ0n) is 13.5. The molecule has 2 rings (SSSR count). The van der Waals surface area contributed by atoms with E-state index in [9.17, 15) is 13.2 Å². The van der Waals surface area contributed by atoms with Crippen molar-refractivity contribution >= 4 is 45.0 Å². The molecule has 0 saturated heterocycles. The van der Waals surface area contributed by atoms with E-state index >= 15 is 0 Å². The van der Waals surface area contributed by atoms with Crippen LogP contribution in [0.2, 0.25) is 5.02 Å². The molecule has 2 aromatic rings. The van der Waals surface area contributed by atoms with Gasteiger partial charge in [-0.2, -0.15) is 0 Å². The minimum absolute atomic E-state index is 0.0393. The summed E-state index contributed by atoms with van der Waals surface area (Å²) in [4.78, 5) is 13.3. The van der Waals surface area contributed by atoms with Crippen LogP contribution >= 0.6 is 23.4 Å². The first kappa shape index (κ1) is 19.5. The van der Waals surface area contributed by atoms with E-state index in [1.165, 1.54) is 24.3 Å². The van der Waals surface area contributed by atoms with Gasteiger partial charge >= 0.3 is 0 Å². The third-order valence-corrected chi connectivity index (χ3v) is 5.90. The fourth-order valence-corrected chi connectivity index (χ4v) is 3.90. The standard InChI is InChI=1S/C17H17ClN2O3S2/c1-3-10-19-25(22,23)16-11-12(4-9-15(16)18)17(21)20-13-5-7-14(24-2)8-6-13/h3-9,11,19H,1,10H2,2H3,(H,20,21). The van der Waals surface area contributed by atoms with Crippen molar-refractivity contribution in [3.05, 3.63) is 65.7 Å². The summed E-state index contributed by atoms with van der Waals surface area (Å²) >= 11 is 7.58. The van der Waals surface area contributed by atoms with Crippen LogP contribution < -0.4 is 10.0 Å². The number of nitrogens with one attached hydrogen (secondary N) is 2. The quantitative estimate of drug-likeness (QED) is 0.551. The van der Waals surface area contributed by atoms with E-state index < -0.39 is 15.9 Å². The Bertz CT molecular complexity index is 881. The molecular weight excluding hydrogens is 380 g/mol. The van der Waals surface area contributed by atoms with Gasteiger partial charge in [-0.1, -0.05) is 17.7 Å². The number of amides is 1. The average Bonchev–Trinajstić information content (AvgIpc) is 2.60. The van der Waals surface area contributed by atoms with E-state index in [1.54, 1.807) is 23.9 Å². The molecule has 2 aromatic carbocycles. The summed E-state index contributed by atoms with van der Waals surface area (Å²) in [6.45, 7) is 3.53. The summed E-state index contributed by atoms with van der Waals surface area (Å²) in [7, 11) is -3.83. The lowest BCUT2D eigenvalue weighted by Gasteiger charge is -2.10. The maximum atomic E-state index is 12.4. The average molecular weight is 397 g/mol. The third-order valence-electron chi connectivity index (χ3n) is 3.25. The molecule has 132 valence electrons. The van der Waals surface area contributed by atoms with Gasteiger partial charge in [-0.25, -0.2) is 13.1 Å². The SMILES string of the molecule is C=CCNS(=O)(=O)c1cc(C(=O)Nc2ccc(SC)cc2)ccc1Cl. The van der Waals surface area contributed by atoms with Gasteiger partial charge in [0.25, 0.3) is 5.91 Å². The molecule has 25 heavy (non-hydrogen) atoms. The fourth-order valence-electron chi connectivity index (χ4n) is 1.97. The Hall–Kier alpha value is -1.80. The van der Waals surface area contributed by atoms with Crippen molar-refractivity contribution in [1.82, 2.24) is 4.72 Å². The molecule has 2 N–H and O–H groups in total. The van der Waals surface area contributed by atoms with Crippen LogP contribution in [-0.4, -0.2) is 27.1 Å².